The molecule has 0 saturated carbocycles. The lowest BCUT2D eigenvalue weighted by molar-refractivity contribution is -0.139. The van der Waals surface area contributed by atoms with Crippen molar-refractivity contribution in [1.82, 2.24) is 10.2 Å². The van der Waals surface area contributed by atoms with Gasteiger partial charge in [0.2, 0.25) is 11.2 Å². The maximum atomic E-state index is 12.3. The summed E-state index contributed by atoms with van der Waals surface area (Å²) in [5.41, 5.74) is 1.66. The van der Waals surface area contributed by atoms with E-state index in [1.807, 2.05) is 30.3 Å². The van der Waals surface area contributed by atoms with E-state index in [1.165, 1.54) is 23.1 Å². The second kappa shape index (κ2) is 8.77. The molecule has 10 heteroatoms. The van der Waals surface area contributed by atoms with Gasteiger partial charge in [-0.1, -0.05) is 58.6 Å². The van der Waals surface area contributed by atoms with E-state index in [0.29, 0.717) is 22.5 Å². The van der Waals surface area contributed by atoms with Crippen molar-refractivity contribution < 1.29 is 19.2 Å². The van der Waals surface area contributed by atoms with Crippen LogP contribution in [0.2, 0.25) is 0 Å². The van der Waals surface area contributed by atoms with Gasteiger partial charge in [0.25, 0.3) is 5.91 Å². The number of benzene rings is 1. The molecule has 0 saturated heterocycles. The van der Waals surface area contributed by atoms with Crippen molar-refractivity contribution in [3.05, 3.63) is 35.9 Å². The number of aromatic nitrogens is 2. The Balaban J connectivity index is 1.49. The number of carbonyl (C=O) groups is 2. The predicted octanol–water partition coefficient (Wildman–Crippen LogP) is 2.33. The number of esters is 1. The van der Waals surface area contributed by atoms with Gasteiger partial charge in [0.15, 0.2) is 4.34 Å². The molecule has 0 fully saturated rings. The minimum Gasteiger partial charge on any atom is -0.465 e. The monoisotopic (exact) mass is 392 g/mol. The molecule has 0 aliphatic carbocycles. The minimum atomic E-state index is -0.704. The van der Waals surface area contributed by atoms with Crippen LogP contribution in [0.1, 0.15) is 18.9 Å². The van der Waals surface area contributed by atoms with Gasteiger partial charge in [-0.15, -0.1) is 10.2 Å². The highest BCUT2D eigenvalue weighted by Gasteiger charge is 2.29. The Morgan fingerprint density at radius 3 is 2.92 bits per heavy atom. The lowest BCUT2D eigenvalue weighted by Gasteiger charge is -2.06. The third kappa shape index (κ3) is 4.79. The molecule has 2 heterocycles. The van der Waals surface area contributed by atoms with E-state index in [9.17, 15) is 9.59 Å². The number of hydrogen-bond donors (Lipinski definition) is 1. The van der Waals surface area contributed by atoms with Crippen LogP contribution in [0.5, 0.6) is 0 Å². The van der Waals surface area contributed by atoms with Crippen LogP contribution in [-0.4, -0.2) is 46.2 Å². The van der Waals surface area contributed by atoms with Gasteiger partial charge in [0, 0.05) is 6.42 Å². The highest BCUT2D eigenvalue weighted by Crippen LogP contribution is 2.26. The first-order valence-corrected chi connectivity index (χ1v) is 9.67. The molecule has 1 aliphatic heterocycles. The summed E-state index contributed by atoms with van der Waals surface area (Å²) >= 11 is 2.40. The first kappa shape index (κ1) is 18.3. The second-order valence-corrected chi connectivity index (χ2v) is 7.36. The molecule has 1 amide bonds. The Labute approximate surface area is 158 Å². The Bertz CT molecular complexity index is 810. The van der Waals surface area contributed by atoms with Gasteiger partial charge in [-0.25, -0.2) is 0 Å². The van der Waals surface area contributed by atoms with E-state index in [2.05, 4.69) is 20.7 Å². The summed E-state index contributed by atoms with van der Waals surface area (Å²) in [5.74, 6) is -0.503. The van der Waals surface area contributed by atoms with Crippen LogP contribution < -0.4 is 5.32 Å². The van der Waals surface area contributed by atoms with Crippen molar-refractivity contribution >= 4 is 45.8 Å². The third-order valence-corrected chi connectivity index (χ3v) is 5.27. The Morgan fingerprint density at radius 2 is 2.15 bits per heavy atom. The number of ether oxygens (including phenoxy) is 1. The van der Waals surface area contributed by atoms with Crippen LogP contribution in [-0.2, 0) is 19.2 Å². The van der Waals surface area contributed by atoms with E-state index >= 15 is 0 Å². The van der Waals surface area contributed by atoms with Crippen molar-refractivity contribution in [1.29, 1.82) is 0 Å². The summed E-state index contributed by atoms with van der Waals surface area (Å²) in [6, 6.07) is 9.56. The molecule has 0 radical (unpaired) electrons. The van der Waals surface area contributed by atoms with Crippen molar-refractivity contribution in [2.45, 2.75) is 23.8 Å². The summed E-state index contributed by atoms with van der Waals surface area (Å²) in [6.07, 6.45) is -0.316. The Kier molecular flexibility index (Phi) is 6.18. The summed E-state index contributed by atoms with van der Waals surface area (Å²) < 4.78 is 5.42. The molecular formula is C16H16N4O4S2. The predicted molar refractivity (Wildman–Crippen MR) is 98.4 cm³/mol. The number of thioether (sulfide) groups is 1. The second-order valence-electron chi connectivity index (χ2n) is 5.16. The topological polar surface area (TPSA) is 103 Å². The van der Waals surface area contributed by atoms with Gasteiger partial charge in [-0.3, -0.25) is 14.9 Å². The van der Waals surface area contributed by atoms with E-state index in [1.54, 1.807) is 6.92 Å². The highest BCUT2D eigenvalue weighted by atomic mass is 32.2. The molecule has 0 bridgehead atoms. The zero-order chi connectivity index (χ0) is 18.4. The zero-order valence-corrected chi connectivity index (χ0v) is 15.5. The molecule has 1 atom stereocenters. The van der Waals surface area contributed by atoms with Crippen molar-refractivity contribution in [2.75, 3.05) is 17.7 Å². The number of anilines is 1. The normalized spacial score (nSPS) is 15.9. The molecule has 1 N–H and O–H groups in total. The molecule has 3 rings (SSSR count). The van der Waals surface area contributed by atoms with Crippen molar-refractivity contribution in [3.63, 3.8) is 0 Å². The fourth-order valence-corrected chi connectivity index (χ4v) is 3.70. The van der Waals surface area contributed by atoms with Gasteiger partial charge >= 0.3 is 5.97 Å². The molecule has 1 aromatic carbocycles. The maximum absolute atomic E-state index is 12.3. The Morgan fingerprint density at radius 1 is 1.35 bits per heavy atom. The number of oxime groups is 1. The van der Waals surface area contributed by atoms with Crippen LogP contribution in [0.25, 0.3) is 0 Å². The Hall–Kier alpha value is -2.46. The van der Waals surface area contributed by atoms with Gasteiger partial charge < -0.3 is 9.57 Å². The fraction of sp³-hybridized carbons (Fsp3) is 0.312. The number of hydrogen-bond acceptors (Lipinski definition) is 9. The molecule has 136 valence electrons. The molecule has 0 spiro atoms. The highest BCUT2D eigenvalue weighted by molar-refractivity contribution is 8.01. The molecule has 1 aliphatic rings. The third-order valence-electron chi connectivity index (χ3n) is 3.32. The molecule has 2 aromatic rings. The number of nitrogens with one attached hydrogen (secondary N) is 1. The van der Waals surface area contributed by atoms with Crippen LogP contribution >= 0.6 is 23.1 Å². The van der Waals surface area contributed by atoms with Gasteiger partial charge in [-0.05, 0) is 12.5 Å². The fourth-order valence-electron chi connectivity index (χ4n) is 2.15. The lowest BCUT2D eigenvalue weighted by Crippen LogP contribution is -2.28. The standard InChI is InChI=1S/C16H16N4O4S2/c1-2-23-13(21)9-25-16-19-18-15(26-16)17-14(22)12-8-11(20-24-12)10-6-4-3-5-7-10/h3-7,12H,2,8-9H2,1H3,(H,17,18,22). The summed E-state index contributed by atoms with van der Waals surface area (Å²) in [5, 5.41) is 14.8. The number of rotatable bonds is 7. The van der Waals surface area contributed by atoms with Crippen LogP contribution in [0, 0.1) is 0 Å². The van der Waals surface area contributed by atoms with Gasteiger partial charge in [-0.2, -0.15) is 0 Å². The molecule has 8 nitrogen and oxygen atoms in total. The quantitative estimate of drug-likeness (QED) is 0.438. The number of amides is 1. The first-order chi connectivity index (χ1) is 12.7. The zero-order valence-electron chi connectivity index (χ0n) is 13.9. The molecular weight excluding hydrogens is 376 g/mol. The molecule has 1 aromatic heterocycles. The van der Waals surface area contributed by atoms with E-state index in [-0.39, 0.29) is 17.6 Å². The van der Waals surface area contributed by atoms with Gasteiger partial charge in [0.05, 0.1) is 18.1 Å². The summed E-state index contributed by atoms with van der Waals surface area (Å²) in [4.78, 5) is 28.9. The number of carbonyl (C=O) groups excluding carboxylic acids is 2. The van der Waals surface area contributed by atoms with Crippen molar-refractivity contribution in [3.8, 4) is 0 Å². The smallest absolute Gasteiger partial charge is 0.316 e. The lowest BCUT2D eigenvalue weighted by atomic mass is 10.1. The van der Waals surface area contributed by atoms with Crippen LogP contribution in [0.15, 0.2) is 39.8 Å². The van der Waals surface area contributed by atoms with E-state index in [0.717, 1.165) is 11.3 Å². The largest absolute Gasteiger partial charge is 0.465 e. The van der Waals surface area contributed by atoms with Crippen LogP contribution in [0.4, 0.5) is 5.13 Å². The van der Waals surface area contributed by atoms with Gasteiger partial charge in [0.1, 0.15) is 0 Å². The van der Waals surface area contributed by atoms with E-state index < -0.39 is 6.10 Å². The molecule has 26 heavy (non-hydrogen) atoms. The average molecular weight is 392 g/mol. The summed E-state index contributed by atoms with van der Waals surface area (Å²) in [6.45, 7) is 2.09. The first-order valence-electron chi connectivity index (χ1n) is 7.86. The molecule has 1 unspecified atom stereocenters. The SMILES string of the molecule is CCOC(=O)CSc1nnc(NC(=O)C2CC(c3ccccc3)=NO2)s1. The average Bonchev–Trinajstić information content (AvgIpc) is 3.31. The minimum absolute atomic E-state index is 0.149. The van der Waals surface area contributed by atoms with E-state index in [4.69, 9.17) is 9.57 Å². The number of nitrogens with zero attached hydrogens (tertiary/aromatic N) is 3. The van der Waals surface area contributed by atoms with Crippen molar-refractivity contribution in [2.24, 2.45) is 5.16 Å². The maximum Gasteiger partial charge on any atom is 0.316 e. The summed E-state index contributed by atoms with van der Waals surface area (Å²) in [7, 11) is 0. The van der Waals surface area contributed by atoms with Crippen LogP contribution in [0.3, 0.4) is 0 Å².